The van der Waals surface area contributed by atoms with Crippen molar-refractivity contribution in [2.45, 2.75) is 20.0 Å². The van der Waals surface area contributed by atoms with E-state index in [4.69, 9.17) is 21.1 Å². The largest absolute Gasteiger partial charge is 0.481 e. The molecule has 1 atom stereocenters. The first-order valence-corrected chi connectivity index (χ1v) is 8.96. The summed E-state index contributed by atoms with van der Waals surface area (Å²) in [6.45, 7) is 3.59. The molecule has 27 heavy (non-hydrogen) atoms. The fourth-order valence-corrected chi connectivity index (χ4v) is 2.69. The van der Waals surface area contributed by atoms with E-state index in [9.17, 15) is 4.79 Å². The van der Waals surface area contributed by atoms with Gasteiger partial charge in [0, 0.05) is 10.7 Å². The molecule has 0 saturated heterocycles. The number of ether oxygens (including phenoxy) is 2. The molecule has 0 spiro atoms. The maximum Gasteiger partial charge on any atom is 0.265 e. The quantitative estimate of drug-likeness (QED) is 0.582. The van der Waals surface area contributed by atoms with Crippen molar-refractivity contribution >= 4 is 23.2 Å². The number of aryl methyl sites for hydroxylation is 1. The van der Waals surface area contributed by atoms with Gasteiger partial charge in [-0.1, -0.05) is 29.8 Å². The van der Waals surface area contributed by atoms with Crippen molar-refractivity contribution in [3.63, 3.8) is 0 Å². The predicted octanol–water partition coefficient (Wildman–Crippen LogP) is 5.85. The molecule has 0 aromatic heterocycles. The second kappa shape index (κ2) is 8.60. The summed E-state index contributed by atoms with van der Waals surface area (Å²) in [5.41, 5.74) is 1.55. The molecule has 0 bridgehead atoms. The van der Waals surface area contributed by atoms with Crippen LogP contribution in [0.1, 0.15) is 12.5 Å². The molecule has 1 amide bonds. The van der Waals surface area contributed by atoms with Gasteiger partial charge in [0.2, 0.25) is 0 Å². The number of rotatable bonds is 6. The zero-order valence-electron chi connectivity index (χ0n) is 15.1. The standard InChI is InChI=1S/C22H20ClNO3/c1-15-14-17(23)8-13-21(15)26-16(2)22(25)24-18-9-11-20(12-10-18)27-19-6-4-3-5-7-19/h3-14,16H,1-2H3,(H,24,25)/t16-/m0/s1. The van der Waals surface area contributed by atoms with E-state index in [1.54, 1.807) is 49.4 Å². The molecule has 0 heterocycles. The SMILES string of the molecule is Cc1cc(Cl)ccc1O[C@@H](C)C(=O)Nc1ccc(Oc2ccccc2)cc1. The Labute approximate surface area is 163 Å². The van der Waals surface area contributed by atoms with E-state index >= 15 is 0 Å². The summed E-state index contributed by atoms with van der Waals surface area (Å²) in [7, 11) is 0. The van der Waals surface area contributed by atoms with Crippen molar-refractivity contribution in [2.24, 2.45) is 0 Å². The monoisotopic (exact) mass is 381 g/mol. The number of para-hydroxylation sites is 1. The highest BCUT2D eigenvalue weighted by molar-refractivity contribution is 6.30. The minimum absolute atomic E-state index is 0.235. The Morgan fingerprint density at radius 2 is 1.63 bits per heavy atom. The van der Waals surface area contributed by atoms with Crippen LogP contribution >= 0.6 is 11.6 Å². The van der Waals surface area contributed by atoms with Crippen molar-refractivity contribution < 1.29 is 14.3 Å². The lowest BCUT2D eigenvalue weighted by molar-refractivity contribution is -0.122. The van der Waals surface area contributed by atoms with Crippen LogP contribution in [0.3, 0.4) is 0 Å². The summed E-state index contributed by atoms with van der Waals surface area (Å²) in [5.74, 6) is 1.85. The van der Waals surface area contributed by atoms with E-state index in [-0.39, 0.29) is 5.91 Å². The van der Waals surface area contributed by atoms with Gasteiger partial charge in [0.05, 0.1) is 0 Å². The van der Waals surface area contributed by atoms with Crippen LogP contribution in [0.15, 0.2) is 72.8 Å². The van der Waals surface area contributed by atoms with Gasteiger partial charge in [-0.3, -0.25) is 4.79 Å². The Bertz CT molecular complexity index is 911. The molecule has 0 aliphatic rings. The Balaban J connectivity index is 1.58. The van der Waals surface area contributed by atoms with E-state index in [1.807, 2.05) is 37.3 Å². The zero-order chi connectivity index (χ0) is 19.2. The Hall–Kier alpha value is -2.98. The number of hydrogen-bond donors (Lipinski definition) is 1. The molecule has 0 radical (unpaired) electrons. The molecule has 0 saturated carbocycles. The molecule has 3 rings (SSSR count). The number of nitrogens with one attached hydrogen (secondary N) is 1. The van der Waals surface area contributed by atoms with Crippen molar-refractivity contribution in [1.29, 1.82) is 0 Å². The van der Waals surface area contributed by atoms with Gasteiger partial charge in [-0.05, 0) is 74.0 Å². The third kappa shape index (κ3) is 5.25. The molecule has 4 nitrogen and oxygen atoms in total. The molecular weight excluding hydrogens is 362 g/mol. The summed E-state index contributed by atoms with van der Waals surface area (Å²) in [4.78, 5) is 12.4. The summed E-state index contributed by atoms with van der Waals surface area (Å²) in [6, 6.07) is 22.0. The van der Waals surface area contributed by atoms with Gasteiger partial charge in [0.25, 0.3) is 5.91 Å². The lowest BCUT2D eigenvalue weighted by Gasteiger charge is -2.16. The topological polar surface area (TPSA) is 47.6 Å². The first kappa shape index (κ1) is 18.8. The normalized spacial score (nSPS) is 11.5. The van der Waals surface area contributed by atoms with E-state index in [1.165, 1.54) is 0 Å². The third-order valence-electron chi connectivity index (χ3n) is 3.91. The zero-order valence-corrected chi connectivity index (χ0v) is 15.9. The van der Waals surface area contributed by atoms with E-state index < -0.39 is 6.10 Å². The highest BCUT2D eigenvalue weighted by atomic mass is 35.5. The van der Waals surface area contributed by atoms with Gasteiger partial charge in [-0.25, -0.2) is 0 Å². The van der Waals surface area contributed by atoms with Gasteiger partial charge >= 0.3 is 0 Å². The average Bonchev–Trinajstić information content (AvgIpc) is 2.66. The van der Waals surface area contributed by atoms with Crippen LogP contribution in [-0.2, 0) is 4.79 Å². The number of amides is 1. The second-order valence-electron chi connectivity index (χ2n) is 6.10. The smallest absolute Gasteiger partial charge is 0.265 e. The molecular formula is C22H20ClNO3. The fraction of sp³-hybridized carbons (Fsp3) is 0.136. The van der Waals surface area contributed by atoms with Gasteiger partial charge in [0.1, 0.15) is 17.2 Å². The van der Waals surface area contributed by atoms with Crippen molar-refractivity contribution in [3.8, 4) is 17.2 Å². The van der Waals surface area contributed by atoms with Gasteiger partial charge in [0.15, 0.2) is 6.10 Å². The van der Waals surface area contributed by atoms with E-state index in [0.29, 0.717) is 22.2 Å². The Morgan fingerprint density at radius 3 is 2.30 bits per heavy atom. The van der Waals surface area contributed by atoms with Crippen LogP contribution in [-0.4, -0.2) is 12.0 Å². The highest BCUT2D eigenvalue weighted by Gasteiger charge is 2.16. The number of halogens is 1. The lowest BCUT2D eigenvalue weighted by Crippen LogP contribution is -2.30. The van der Waals surface area contributed by atoms with E-state index in [0.717, 1.165) is 11.3 Å². The van der Waals surface area contributed by atoms with E-state index in [2.05, 4.69) is 5.32 Å². The summed E-state index contributed by atoms with van der Waals surface area (Å²) < 4.78 is 11.5. The highest BCUT2D eigenvalue weighted by Crippen LogP contribution is 2.24. The Kier molecular flexibility index (Phi) is 5.99. The van der Waals surface area contributed by atoms with Crippen molar-refractivity contribution in [2.75, 3.05) is 5.32 Å². The lowest BCUT2D eigenvalue weighted by atomic mass is 10.2. The van der Waals surface area contributed by atoms with Crippen LogP contribution in [0.5, 0.6) is 17.2 Å². The first-order chi connectivity index (χ1) is 13.0. The number of carbonyl (C=O) groups excluding carboxylic acids is 1. The van der Waals surface area contributed by atoms with Crippen LogP contribution in [0.25, 0.3) is 0 Å². The maximum atomic E-state index is 12.4. The van der Waals surface area contributed by atoms with Crippen LogP contribution < -0.4 is 14.8 Å². The summed E-state index contributed by atoms with van der Waals surface area (Å²) >= 11 is 5.94. The molecule has 3 aromatic rings. The maximum absolute atomic E-state index is 12.4. The number of anilines is 1. The molecule has 0 unspecified atom stereocenters. The minimum atomic E-state index is -0.648. The minimum Gasteiger partial charge on any atom is -0.481 e. The van der Waals surface area contributed by atoms with Gasteiger partial charge < -0.3 is 14.8 Å². The predicted molar refractivity (Wildman–Crippen MR) is 108 cm³/mol. The number of benzene rings is 3. The van der Waals surface area contributed by atoms with Crippen molar-refractivity contribution in [3.05, 3.63) is 83.4 Å². The van der Waals surface area contributed by atoms with Gasteiger partial charge in [-0.2, -0.15) is 0 Å². The third-order valence-corrected chi connectivity index (χ3v) is 4.15. The first-order valence-electron chi connectivity index (χ1n) is 8.58. The molecule has 138 valence electrons. The summed E-state index contributed by atoms with van der Waals surface area (Å²) in [6.07, 6.45) is -0.648. The molecule has 1 N–H and O–H groups in total. The van der Waals surface area contributed by atoms with Crippen LogP contribution in [0.2, 0.25) is 5.02 Å². The second-order valence-corrected chi connectivity index (χ2v) is 6.54. The number of hydrogen-bond acceptors (Lipinski definition) is 3. The molecule has 5 heteroatoms. The fourth-order valence-electron chi connectivity index (χ4n) is 2.46. The Morgan fingerprint density at radius 1 is 0.963 bits per heavy atom. The molecule has 0 fully saturated rings. The van der Waals surface area contributed by atoms with Crippen molar-refractivity contribution in [1.82, 2.24) is 0 Å². The summed E-state index contributed by atoms with van der Waals surface area (Å²) in [5, 5.41) is 3.47. The van der Waals surface area contributed by atoms with Gasteiger partial charge in [-0.15, -0.1) is 0 Å². The molecule has 0 aliphatic carbocycles. The molecule has 3 aromatic carbocycles. The van der Waals surface area contributed by atoms with Crippen LogP contribution in [0.4, 0.5) is 5.69 Å². The number of carbonyl (C=O) groups is 1. The average molecular weight is 382 g/mol. The molecule has 0 aliphatic heterocycles. The van der Waals surface area contributed by atoms with Crippen LogP contribution in [0, 0.1) is 6.92 Å².